The molecule has 0 bridgehead atoms. The van der Waals surface area contributed by atoms with Gasteiger partial charge in [-0.15, -0.1) is 0 Å². The van der Waals surface area contributed by atoms with Gasteiger partial charge in [-0.3, -0.25) is 0 Å². The van der Waals surface area contributed by atoms with Gasteiger partial charge in [0.15, 0.2) is 0 Å². The minimum absolute atomic E-state index is 0.858. The molecule has 6 rings (SSSR count). The van der Waals surface area contributed by atoms with Crippen molar-refractivity contribution in [2.45, 2.75) is 6.42 Å². The Bertz CT molecular complexity index is 1450. The van der Waals surface area contributed by atoms with E-state index in [9.17, 15) is 0 Å². The van der Waals surface area contributed by atoms with Crippen molar-refractivity contribution in [2.75, 3.05) is 0 Å². The van der Waals surface area contributed by atoms with Gasteiger partial charge in [-0.1, -0.05) is 84.9 Å². The third kappa shape index (κ3) is 2.87. The predicted octanol–water partition coefficient (Wildman–Crippen LogP) is 7.97. The summed E-state index contributed by atoms with van der Waals surface area (Å²) in [5.41, 5.74) is 2.64. The van der Waals surface area contributed by atoms with Crippen molar-refractivity contribution in [3.05, 3.63) is 120 Å². The highest BCUT2D eigenvalue weighted by atomic mass is 16.5. The summed E-state index contributed by atoms with van der Waals surface area (Å²) in [5.74, 6) is 1.72. The van der Waals surface area contributed by atoms with Gasteiger partial charge in [-0.05, 0) is 74.1 Å². The molecule has 0 aromatic heterocycles. The molecular weight excluding hydrogens is 364 g/mol. The van der Waals surface area contributed by atoms with Gasteiger partial charge in [0.2, 0.25) is 0 Å². The number of ether oxygens (including phenoxy) is 1. The van der Waals surface area contributed by atoms with E-state index in [1.54, 1.807) is 0 Å². The monoisotopic (exact) mass is 384 g/mol. The van der Waals surface area contributed by atoms with Crippen LogP contribution in [0.15, 0.2) is 109 Å². The van der Waals surface area contributed by atoms with Gasteiger partial charge in [0, 0.05) is 0 Å². The van der Waals surface area contributed by atoms with Gasteiger partial charge >= 0.3 is 0 Å². The number of rotatable bonds is 4. The summed E-state index contributed by atoms with van der Waals surface area (Å²) in [4.78, 5) is 0. The lowest BCUT2D eigenvalue weighted by molar-refractivity contribution is 0.482. The van der Waals surface area contributed by atoms with E-state index in [2.05, 4.69) is 78.9 Å². The lowest BCUT2D eigenvalue weighted by Gasteiger charge is -2.14. The first kappa shape index (κ1) is 17.1. The first-order valence-electron chi connectivity index (χ1n) is 10.3. The smallest absolute Gasteiger partial charge is 0.127 e. The number of hydrogen-bond acceptors (Lipinski definition) is 1. The van der Waals surface area contributed by atoms with E-state index < -0.39 is 0 Å². The molecule has 0 aliphatic carbocycles. The van der Waals surface area contributed by atoms with Crippen LogP contribution in [0.4, 0.5) is 0 Å². The number of hydrogen-bond donors (Lipinski definition) is 0. The Morgan fingerprint density at radius 2 is 1.10 bits per heavy atom. The standard InChI is InChI=1S/C29H20O/c1-2-7-25(8-3-1)30-26-16-9-20(10-17-26)19-24-14-13-23-12-11-21-5-4-6-22-15-18-27(24)29(23)28(21)22/h1-18H,19H2. The maximum absolute atomic E-state index is 5.93. The van der Waals surface area contributed by atoms with E-state index in [0.717, 1.165) is 17.9 Å². The molecule has 0 atom stereocenters. The molecule has 1 heteroatoms. The first-order chi connectivity index (χ1) is 14.8. The van der Waals surface area contributed by atoms with Gasteiger partial charge in [0.05, 0.1) is 0 Å². The van der Waals surface area contributed by atoms with Gasteiger partial charge in [0.1, 0.15) is 11.5 Å². The van der Waals surface area contributed by atoms with Crippen molar-refractivity contribution >= 4 is 32.3 Å². The van der Waals surface area contributed by atoms with Crippen LogP contribution in [0.1, 0.15) is 11.1 Å². The molecule has 0 unspecified atom stereocenters. The maximum Gasteiger partial charge on any atom is 0.127 e. The van der Waals surface area contributed by atoms with Crippen LogP contribution < -0.4 is 4.74 Å². The Labute approximate surface area is 175 Å². The molecule has 0 saturated heterocycles. The van der Waals surface area contributed by atoms with Crippen molar-refractivity contribution in [1.82, 2.24) is 0 Å². The Kier molecular flexibility index (Phi) is 3.92. The SMILES string of the molecule is c1ccc(Oc2ccc(Cc3ccc4ccc5cccc6ccc3c4c56)cc2)cc1. The lowest BCUT2D eigenvalue weighted by atomic mass is 9.90. The molecule has 142 valence electrons. The third-order valence-corrected chi connectivity index (χ3v) is 5.92. The Balaban J connectivity index is 1.37. The molecule has 0 aliphatic heterocycles. The van der Waals surface area contributed by atoms with Crippen LogP contribution in [0.3, 0.4) is 0 Å². The fourth-order valence-corrected chi connectivity index (χ4v) is 4.47. The van der Waals surface area contributed by atoms with E-state index in [-0.39, 0.29) is 0 Å². The van der Waals surface area contributed by atoms with Crippen molar-refractivity contribution in [2.24, 2.45) is 0 Å². The average Bonchev–Trinajstić information content (AvgIpc) is 2.80. The van der Waals surface area contributed by atoms with Crippen LogP contribution in [0.2, 0.25) is 0 Å². The highest BCUT2D eigenvalue weighted by molar-refractivity contribution is 6.23. The van der Waals surface area contributed by atoms with Gasteiger partial charge in [-0.2, -0.15) is 0 Å². The van der Waals surface area contributed by atoms with Crippen LogP contribution in [0.25, 0.3) is 32.3 Å². The zero-order chi connectivity index (χ0) is 19.9. The summed E-state index contributed by atoms with van der Waals surface area (Å²) in [6, 6.07) is 38.4. The van der Waals surface area contributed by atoms with Crippen molar-refractivity contribution in [3.63, 3.8) is 0 Å². The number of benzene rings is 6. The highest BCUT2D eigenvalue weighted by Crippen LogP contribution is 2.36. The Hall–Kier alpha value is -3.84. The van der Waals surface area contributed by atoms with E-state index in [1.165, 1.54) is 43.4 Å². The lowest BCUT2D eigenvalue weighted by Crippen LogP contribution is -1.92. The molecule has 0 radical (unpaired) electrons. The molecule has 0 saturated carbocycles. The predicted molar refractivity (Wildman–Crippen MR) is 126 cm³/mol. The molecule has 1 nitrogen and oxygen atoms in total. The van der Waals surface area contributed by atoms with E-state index in [1.807, 2.05) is 30.3 Å². The molecule has 0 fully saturated rings. The van der Waals surface area contributed by atoms with Crippen molar-refractivity contribution in [1.29, 1.82) is 0 Å². The molecule has 30 heavy (non-hydrogen) atoms. The fourth-order valence-electron chi connectivity index (χ4n) is 4.47. The van der Waals surface area contributed by atoms with Crippen LogP contribution in [-0.4, -0.2) is 0 Å². The minimum Gasteiger partial charge on any atom is -0.457 e. The minimum atomic E-state index is 0.858. The summed E-state index contributed by atoms with van der Waals surface area (Å²) in [6.07, 6.45) is 0.903. The maximum atomic E-state index is 5.93. The summed E-state index contributed by atoms with van der Waals surface area (Å²) < 4.78 is 5.93. The zero-order valence-electron chi connectivity index (χ0n) is 16.5. The van der Waals surface area contributed by atoms with Crippen molar-refractivity contribution in [3.8, 4) is 11.5 Å². The van der Waals surface area contributed by atoms with Crippen LogP contribution in [-0.2, 0) is 6.42 Å². The van der Waals surface area contributed by atoms with E-state index >= 15 is 0 Å². The molecule has 0 heterocycles. The highest BCUT2D eigenvalue weighted by Gasteiger charge is 2.11. The summed E-state index contributed by atoms with van der Waals surface area (Å²) >= 11 is 0. The quantitative estimate of drug-likeness (QED) is 0.280. The van der Waals surface area contributed by atoms with Gasteiger partial charge in [0.25, 0.3) is 0 Å². The zero-order valence-corrected chi connectivity index (χ0v) is 16.5. The normalized spacial score (nSPS) is 11.5. The Morgan fingerprint density at radius 1 is 0.467 bits per heavy atom. The van der Waals surface area contributed by atoms with Crippen LogP contribution in [0, 0.1) is 0 Å². The third-order valence-electron chi connectivity index (χ3n) is 5.92. The summed E-state index contributed by atoms with van der Waals surface area (Å²) in [6.45, 7) is 0. The second-order valence-corrected chi connectivity index (χ2v) is 7.82. The fraction of sp³-hybridized carbons (Fsp3) is 0.0345. The van der Waals surface area contributed by atoms with E-state index in [4.69, 9.17) is 4.74 Å². The molecular formula is C29H20O. The molecule has 0 amide bonds. The summed E-state index contributed by atoms with van der Waals surface area (Å²) in [7, 11) is 0. The number of para-hydroxylation sites is 1. The van der Waals surface area contributed by atoms with Gasteiger partial charge in [-0.25, -0.2) is 0 Å². The summed E-state index contributed by atoms with van der Waals surface area (Å²) in [5, 5.41) is 8.04. The molecule has 0 aliphatic rings. The van der Waals surface area contributed by atoms with Crippen LogP contribution >= 0.6 is 0 Å². The molecule has 6 aromatic carbocycles. The topological polar surface area (TPSA) is 9.23 Å². The largest absolute Gasteiger partial charge is 0.457 e. The second kappa shape index (κ2) is 6.89. The molecule has 0 N–H and O–H groups in total. The molecule has 6 aromatic rings. The Morgan fingerprint density at radius 3 is 1.87 bits per heavy atom. The van der Waals surface area contributed by atoms with E-state index in [0.29, 0.717) is 0 Å². The average molecular weight is 384 g/mol. The second-order valence-electron chi connectivity index (χ2n) is 7.82. The van der Waals surface area contributed by atoms with Crippen LogP contribution in [0.5, 0.6) is 11.5 Å². The molecule has 0 spiro atoms. The first-order valence-corrected chi connectivity index (χ1v) is 10.3. The van der Waals surface area contributed by atoms with Gasteiger partial charge < -0.3 is 4.74 Å². The van der Waals surface area contributed by atoms with Crippen molar-refractivity contribution < 1.29 is 4.74 Å².